The van der Waals surface area contributed by atoms with Crippen molar-refractivity contribution < 1.29 is 9.53 Å². The Hall–Kier alpha value is -2.12. The van der Waals surface area contributed by atoms with Crippen molar-refractivity contribution in [1.82, 2.24) is 0 Å². The summed E-state index contributed by atoms with van der Waals surface area (Å²) in [6, 6.07) is 10.7. The molecule has 0 bridgehead atoms. The molecule has 1 aliphatic rings. The summed E-state index contributed by atoms with van der Waals surface area (Å²) in [7, 11) is 0. The average molecular weight is 353 g/mol. The van der Waals surface area contributed by atoms with Gasteiger partial charge in [-0.25, -0.2) is 4.79 Å². The standard InChI is InChI=1S/C21H23NO2S/c1-3-18-17(13-22)19(20(25-18)21(23)24-4-2)16-11-9-15(10-12-16)14-7-5-6-8-14/h9-12,14H,3-8H2,1-2H3. The Morgan fingerprint density at radius 1 is 1.24 bits per heavy atom. The van der Waals surface area contributed by atoms with E-state index in [4.69, 9.17) is 4.74 Å². The van der Waals surface area contributed by atoms with Crippen molar-refractivity contribution in [2.75, 3.05) is 6.61 Å². The quantitative estimate of drug-likeness (QED) is 0.649. The maximum atomic E-state index is 12.4. The zero-order valence-corrected chi connectivity index (χ0v) is 15.6. The molecular formula is C21H23NO2S. The summed E-state index contributed by atoms with van der Waals surface area (Å²) >= 11 is 1.39. The number of hydrogen-bond donors (Lipinski definition) is 0. The van der Waals surface area contributed by atoms with Crippen molar-refractivity contribution in [2.24, 2.45) is 0 Å². The molecule has 0 spiro atoms. The Balaban J connectivity index is 2.04. The van der Waals surface area contributed by atoms with Crippen molar-refractivity contribution >= 4 is 17.3 Å². The number of ether oxygens (including phenoxy) is 1. The molecule has 0 radical (unpaired) electrons. The Morgan fingerprint density at radius 2 is 1.92 bits per heavy atom. The molecule has 1 saturated carbocycles. The van der Waals surface area contributed by atoms with Crippen molar-refractivity contribution in [1.29, 1.82) is 5.26 Å². The van der Waals surface area contributed by atoms with Crippen LogP contribution in [0.5, 0.6) is 0 Å². The van der Waals surface area contributed by atoms with E-state index >= 15 is 0 Å². The molecule has 0 atom stereocenters. The summed E-state index contributed by atoms with van der Waals surface area (Å²) in [5.74, 6) is 0.321. The third-order valence-electron chi connectivity index (χ3n) is 4.90. The van der Waals surface area contributed by atoms with Crippen molar-refractivity contribution in [3.63, 3.8) is 0 Å². The van der Waals surface area contributed by atoms with E-state index in [0.717, 1.165) is 22.4 Å². The van der Waals surface area contributed by atoms with Gasteiger partial charge < -0.3 is 4.74 Å². The minimum Gasteiger partial charge on any atom is -0.462 e. The number of nitrogens with zero attached hydrogens (tertiary/aromatic N) is 1. The summed E-state index contributed by atoms with van der Waals surface area (Å²) in [6.45, 7) is 4.14. The highest BCUT2D eigenvalue weighted by molar-refractivity contribution is 7.14. The topological polar surface area (TPSA) is 50.1 Å². The van der Waals surface area contributed by atoms with Crippen LogP contribution in [0, 0.1) is 11.3 Å². The number of thiophene rings is 1. The fraction of sp³-hybridized carbons (Fsp3) is 0.429. The van der Waals surface area contributed by atoms with Crippen LogP contribution in [0.2, 0.25) is 0 Å². The van der Waals surface area contributed by atoms with Gasteiger partial charge >= 0.3 is 5.97 Å². The molecule has 0 saturated heterocycles. The number of benzene rings is 1. The molecule has 3 rings (SSSR count). The summed E-state index contributed by atoms with van der Waals surface area (Å²) in [4.78, 5) is 13.9. The molecule has 0 N–H and O–H groups in total. The summed E-state index contributed by atoms with van der Waals surface area (Å²) in [5, 5.41) is 9.65. The largest absolute Gasteiger partial charge is 0.462 e. The number of rotatable bonds is 5. The second-order valence-electron chi connectivity index (χ2n) is 6.39. The van der Waals surface area contributed by atoms with Crippen LogP contribution in [0.1, 0.15) is 71.1 Å². The van der Waals surface area contributed by atoms with Gasteiger partial charge in [0.1, 0.15) is 10.9 Å². The van der Waals surface area contributed by atoms with Gasteiger partial charge in [-0.2, -0.15) is 5.26 Å². The maximum Gasteiger partial charge on any atom is 0.348 e. The first-order valence-corrected chi connectivity index (χ1v) is 9.84. The highest BCUT2D eigenvalue weighted by Crippen LogP contribution is 2.39. The first-order valence-electron chi connectivity index (χ1n) is 9.02. The van der Waals surface area contributed by atoms with E-state index in [1.165, 1.54) is 42.6 Å². The molecule has 3 nitrogen and oxygen atoms in total. The van der Waals surface area contributed by atoms with Gasteiger partial charge in [0, 0.05) is 10.4 Å². The van der Waals surface area contributed by atoms with Crippen LogP contribution >= 0.6 is 11.3 Å². The highest BCUT2D eigenvalue weighted by Gasteiger charge is 2.25. The summed E-state index contributed by atoms with van der Waals surface area (Å²) in [6.07, 6.45) is 5.87. The predicted octanol–water partition coefficient (Wildman–Crippen LogP) is 5.68. The molecule has 1 heterocycles. The van der Waals surface area contributed by atoms with Gasteiger partial charge in [-0.1, -0.05) is 44.0 Å². The Labute approximate surface area is 153 Å². The molecule has 130 valence electrons. The highest BCUT2D eigenvalue weighted by atomic mass is 32.1. The monoisotopic (exact) mass is 353 g/mol. The van der Waals surface area contributed by atoms with Crippen molar-refractivity contribution in [3.8, 4) is 17.2 Å². The maximum absolute atomic E-state index is 12.4. The second kappa shape index (κ2) is 7.84. The number of nitriles is 1. The summed E-state index contributed by atoms with van der Waals surface area (Å²) in [5.41, 5.74) is 3.64. The lowest BCUT2D eigenvalue weighted by Crippen LogP contribution is -2.04. The fourth-order valence-corrected chi connectivity index (χ4v) is 4.75. The number of aryl methyl sites for hydroxylation is 1. The average Bonchev–Trinajstić information content (AvgIpc) is 3.29. The Morgan fingerprint density at radius 3 is 2.48 bits per heavy atom. The number of carbonyl (C=O) groups excluding carboxylic acids is 1. The van der Waals surface area contributed by atoms with Gasteiger partial charge in [-0.05, 0) is 43.2 Å². The smallest absolute Gasteiger partial charge is 0.348 e. The van der Waals surface area contributed by atoms with Crippen LogP contribution in [-0.2, 0) is 11.2 Å². The third-order valence-corrected chi connectivity index (χ3v) is 6.21. The van der Waals surface area contributed by atoms with Crippen LogP contribution in [-0.4, -0.2) is 12.6 Å². The minimum absolute atomic E-state index is 0.333. The van der Waals surface area contributed by atoms with Crippen molar-refractivity contribution in [2.45, 2.75) is 51.9 Å². The molecule has 1 fully saturated rings. The molecule has 4 heteroatoms. The number of carbonyl (C=O) groups is 1. The number of esters is 1. The third kappa shape index (κ3) is 3.48. The Kier molecular flexibility index (Phi) is 5.55. The van der Waals surface area contributed by atoms with Gasteiger partial charge in [-0.15, -0.1) is 11.3 Å². The van der Waals surface area contributed by atoms with Gasteiger partial charge in [-0.3, -0.25) is 0 Å². The molecule has 1 aliphatic carbocycles. The van der Waals surface area contributed by atoms with E-state index < -0.39 is 0 Å². The van der Waals surface area contributed by atoms with E-state index in [0.29, 0.717) is 23.0 Å². The van der Waals surface area contributed by atoms with Gasteiger partial charge in [0.2, 0.25) is 0 Å². The first kappa shape index (κ1) is 17.7. The second-order valence-corrected chi connectivity index (χ2v) is 7.50. The van der Waals surface area contributed by atoms with Gasteiger partial charge in [0.25, 0.3) is 0 Å². The van der Waals surface area contributed by atoms with Crippen LogP contribution in [0.3, 0.4) is 0 Å². The van der Waals surface area contributed by atoms with E-state index in [-0.39, 0.29) is 5.97 Å². The van der Waals surface area contributed by atoms with E-state index in [2.05, 4.69) is 30.3 Å². The minimum atomic E-state index is -0.335. The predicted molar refractivity (Wildman–Crippen MR) is 101 cm³/mol. The van der Waals surface area contributed by atoms with E-state index in [1.807, 2.05) is 6.92 Å². The SMILES string of the molecule is CCOC(=O)c1sc(CC)c(C#N)c1-c1ccc(C2CCCC2)cc1. The van der Waals surface area contributed by atoms with Crippen LogP contribution in [0.25, 0.3) is 11.1 Å². The molecule has 0 unspecified atom stereocenters. The van der Waals surface area contributed by atoms with E-state index in [1.54, 1.807) is 6.92 Å². The molecule has 1 aromatic heterocycles. The van der Waals surface area contributed by atoms with Crippen LogP contribution < -0.4 is 0 Å². The lowest BCUT2D eigenvalue weighted by atomic mass is 9.94. The first-order chi connectivity index (χ1) is 12.2. The lowest BCUT2D eigenvalue weighted by Gasteiger charge is -2.11. The Bertz CT molecular complexity index is 793. The zero-order chi connectivity index (χ0) is 17.8. The van der Waals surface area contributed by atoms with Crippen molar-refractivity contribution in [3.05, 3.63) is 45.1 Å². The molecule has 0 amide bonds. The fourth-order valence-electron chi connectivity index (χ4n) is 3.64. The molecule has 0 aliphatic heterocycles. The molecule has 25 heavy (non-hydrogen) atoms. The van der Waals surface area contributed by atoms with Crippen LogP contribution in [0.15, 0.2) is 24.3 Å². The molecule has 2 aromatic rings. The molecule has 1 aromatic carbocycles. The number of hydrogen-bond acceptors (Lipinski definition) is 4. The molecular weight excluding hydrogens is 330 g/mol. The van der Waals surface area contributed by atoms with Gasteiger partial charge in [0.05, 0.1) is 12.2 Å². The lowest BCUT2D eigenvalue weighted by molar-refractivity contribution is 0.0533. The van der Waals surface area contributed by atoms with E-state index in [9.17, 15) is 10.1 Å². The zero-order valence-electron chi connectivity index (χ0n) is 14.8. The normalized spacial score (nSPS) is 14.4. The van der Waals surface area contributed by atoms with Gasteiger partial charge in [0.15, 0.2) is 0 Å². The van der Waals surface area contributed by atoms with Crippen LogP contribution in [0.4, 0.5) is 0 Å². The summed E-state index contributed by atoms with van der Waals surface area (Å²) < 4.78 is 5.21.